The number of aliphatic hydroxyl groups is 1. The molecule has 1 unspecified atom stereocenters. The van der Waals surface area contributed by atoms with Crippen molar-refractivity contribution in [3.63, 3.8) is 0 Å². The van der Waals surface area contributed by atoms with E-state index in [0.29, 0.717) is 11.1 Å². The molecule has 3 nitrogen and oxygen atoms in total. The van der Waals surface area contributed by atoms with Crippen LogP contribution in [0, 0.1) is 5.82 Å². The number of aliphatic hydroxyl groups excluding tert-OH is 1. The lowest BCUT2D eigenvalue weighted by Gasteiger charge is -2.09. The molecule has 0 aliphatic heterocycles. The summed E-state index contributed by atoms with van der Waals surface area (Å²) in [5.41, 5.74) is 1.71. The fourth-order valence-corrected chi connectivity index (χ4v) is 2.59. The lowest BCUT2D eigenvalue weighted by Crippen LogP contribution is -2.26. The van der Waals surface area contributed by atoms with Crippen LogP contribution in [0.4, 0.5) is 4.39 Å². The van der Waals surface area contributed by atoms with Crippen molar-refractivity contribution < 1.29 is 14.3 Å². The molecule has 0 aliphatic carbocycles. The molecule has 1 amide bonds. The SMILES string of the molecule is C/C(=C/C(=O)NCC(O)c1ccsc1)c1ccccc1F. The van der Waals surface area contributed by atoms with Crippen molar-refractivity contribution in [1.29, 1.82) is 0 Å². The summed E-state index contributed by atoms with van der Waals surface area (Å²) in [5, 5.41) is 16.2. The third-order valence-electron chi connectivity index (χ3n) is 3.04. The van der Waals surface area contributed by atoms with Crippen LogP contribution in [0.1, 0.15) is 24.2 Å². The standard InChI is InChI=1S/C16H16FNO2S/c1-11(13-4-2-3-5-14(13)17)8-16(20)18-9-15(19)12-6-7-21-10-12/h2-8,10,15,19H,9H2,1H3,(H,18,20)/b11-8-. The Kier molecular flexibility index (Phi) is 5.25. The first kappa shape index (κ1) is 15.4. The van der Waals surface area contributed by atoms with Gasteiger partial charge in [-0.2, -0.15) is 11.3 Å². The first-order chi connectivity index (χ1) is 10.1. The molecule has 2 rings (SSSR count). The molecule has 0 fully saturated rings. The highest BCUT2D eigenvalue weighted by Gasteiger charge is 2.09. The minimum absolute atomic E-state index is 0.122. The van der Waals surface area contributed by atoms with Gasteiger partial charge in [-0.15, -0.1) is 0 Å². The highest BCUT2D eigenvalue weighted by atomic mass is 32.1. The molecular weight excluding hydrogens is 289 g/mol. The first-order valence-electron chi connectivity index (χ1n) is 6.49. The predicted octanol–water partition coefficient (Wildman–Crippen LogP) is 3.14. The predicted molar refractivity (Wildman–Crippen MR) is 82.3 cm³/mol. The molecule has 1 aromatic carbocycles. The van der Waals surface area contributed by atoms with E-state index in [9.17, 15) is 14.3 Å². The van der Waals surface area contributed by atoms with Gasteiger partial charge in [0.25, 0.3) is 0 Å². The van der Waals surface area contributed by atoms with Crippen LogP contribution in [0.2, 0.25) is 0 Å². The molecule has 0 saturated carbocycles. The smallest absolute Gasteiger partial charge is 0.244 e. The Morgan fingerprint density at radius 1 is 1.43 bits per heavy atom. The van der Waals surface area contributed by atoms with E-state index in [-0.39, 0.29) is 18.3 Å². The summed E-state index contributed by atoms with van der Waals surface area (Å²) < 4.78 is 13.6. The van der Waals surface area contributed by atoms with Crippen molar-refractivity contribution in [3.8, 4) is 0 Å². The summed E-state index contributed by atoms with van der Waals surface area (Å²) in [6, 6.07) is 8.10. The van der Waals surface area contributed by atoms with Crippen LogP contribution in [-0.2, 0) is 4.79 Å². The maximum absolute atomic E-state index is 13.6. The summed E-state index contributed by atoms with van der Waals surface area (Å²) >= 11 is 1.49. The molecule has 1 atom stereocenters. The second-order valence-electron chi connectivity index (χ2n) is 4.62. The van der Waals surface area contributed by atoms with Crippen LogP contribution in [0.5, 0.6) is 0 Å². The number of amides is 1. The Morgan fingerprint density at radius 2 is 2.19 bits per heavy atom. The maximum Gasteiger partial charge on any atom is 0.244 e. The average molecular weight is 305 g/mol. The van der Waals surface area contributed by atoms with Crippen LogP contribution < -0.4 is 5.32 Å². The average Bonchev–Trinajstić information content (AvgIpc) is 2.99. The van der Waals surface area contributed by atoms with E-state index in [1.165, 1.54) is 23.5 Å². The molecule has 5 heteroatoms. The molecule has 0 bridgehead atoms. The van der Waals surface area contributed by atoms with Crippen molar-refractivity contribution in [1.82, 2.24) is 5.32 Å². The van der Waals surface area contributed by atoms with E-state index >= 15 is 0 Å². The van der Waals surface area contributed by atoms with Crippen molar-refractivity contribution in [2.75, 3.05) is 6.54 Å². The summed E-state index contributed by atoms with van der Waals surface area (Å²) in [5.74, 6) is -0.720. The third-order valence-corrected chi connectivity index (χ3v) is 3.75. The zero-order chi connectivity index (χ0) is 15.2. The van der Waals surface area contributed by atoms with Crippen LogP contribution in [0.3, 0.4) is 0 Å². The Morgan fingerprint density at radius 3 is 2.86 bits per heavy atom. The van der Waals surface area contributed by atoms with Crippen molar-refractivity contribution in [2.45, 2.75) is 13.0 Å². The van der Waals surface area contributed by atoms with E-state index in [0.717, 1.165) is 5.56 Å². The molecule has 2 aromatic rings. The van der Waals surface area contributed by atoms with E-state index in [1.807, 2.05) is 16.8 Å². The molecule has 1 aromatic heterocycles. The highest BCUT2D eigenvalue weighted by Crippen LogP contribution is 2.17. The number of allylic oxidation sites excluding steroid dienone is 1. The summed E-state index contributed by atoms with van der Waals surface area (Å²) in [4.78, 5) is 11.8. The van der Waals surface area contributed by atoms with Gasteiger partial charge < -0.3 is 10.4 Å². The van der Waals surface area contributed by atoms with Crippen LogP contribution in [0.25, 0.3) is 5.57 Å². The Hall–Kier alpha value is -1.98. The highest BCUT2D eigenvalue weighted by molar-refractivity contribution is 7.07. The summed E-state index contributed by atoms with van der Waals surface area (Å²) in [6.07, 6.45) is 0.598. The van der Waals surface area contributed by atoms with Gasteiger partial charge in [-0.05, 0) is 41.0 Å². The second-order valence-corrected chi connectivity index (χ2v) is 5.40. The largest absolute Gasteiger partial charge is 0.387 e. The topological polar surface area (TPSA) is 49.3 Å². The summed E-state index contributed by atoms with van der Waals surface area (Å²) in [7, 11) is 0. The van der Waals surface area contributed by atoms with Gasteiger partial charge in [0.15, 0.2) is 0 Å². The fourth-order valence-electron chi connectivity index (χ4n) is 1.89. The Labute approximate surface area is 126 Å². The van der Waals surface area contributed by atoms with E-state index in [1.54, 1.807) is 25.1 Å². The molecule has 110 valence electrons. The zero-order valence-electron chi connectivity index (χ0n) is 11.5. The number of carbonyl (C=O) groups excluding carboxylic acids is 1. The Balaban J connectivity index is 1.95. The Bertz CT molecular complexity index is 637. The molecule has 0 radical (unpaired) electrons. The maximum atomic E-state index is 13.6. The van der Waals surface area contributed by atoms with Crippen LogP contribution in [0.15, 0.2) is 47.2 Å². The van der Waals surface area contributed by atoms with Gasteiger partial charge in [0.2, 0.25) is 5.91 Å². The van der Waals surface area contributed by atoms with E-state index in [4.69, 9.17) is 0 Å². The number of halogens is 1. The van der Waals surface area contributed by atoms with Crippen molar-refractivity contribution in [3.05, 3.63) is 64.1 Å². The normalized spacial score (nSPS) is 13.0. The van der Waals surface area contributed by atoms with Crippen molar-refractivity contribution in [2.24, 2.45) is 0 Å². The summed E-state index contributed by atoms with van der Waals surface area (Å²) in [6.45, 7) is 1.80. The number of rotatable bonds is 5. The quantitative estimate of drug-likeness (QED) is 0.834. The second kappa shape index (κ2) is 7.15. The zero-order valence-corrected chi connectivity index (χ0v) is 12.4. The molecule has 2 N–H and O–H groups in total. The minimum Gasteiger partial charge on any atom is -0.387 e. The van der Waals surface area contributed by atoms with Gasteiger partial charge in [0.1, 0.15) is 5.82 Å². The van der Waals surface area contributed by atoms with Gasteiger partial charge >= 0.3 is 0 Å². The third kappa shape index (κ3) is 4.24. The first-order valence-corrected chi connectivity index (χ1v) is 7.43. The van der Waals surface area contributed by atoms with Gasteiger partial charge in [-0.25, -0.2) is 4.39 Å². The van der Waals surface area contributed by atoms with Gasteiger partial charge in [0, 0.05) is 18.2 Å². The molecule has 21 heavy (non-hydrogen) atoms. The minimum atomic E-state index is -0.734. The number of hydrogen-bond acceptors (Lipinski definition) is 3. The van der Waals surface area contributed by atoms with Gasteiger partial charge in [0.05, 0.1) is 6.10 Å². The molecular formula is C16H16FNO2S. The lowest BCUT2D eigenvalue weighted by atomic mass is 10.1. The van der Waals surface area contributed by atoms with Gasteiger partial charge in [-0.3, -0.25) is 4.79 Å². The number of nitrogens with one attached hydrogen (secondary N) is 1. The van der Waals surface area contributed by atoms with Gasteiger partial charge in [-0.1, -0.05) is 18.2 Å². The van der Waals surface area contributed by atoms with Crippen molar-refractivity contribution >= 4 is 22.8 Å². The number of carbonyl (C=O) groups is 1. The van der Waals surface area contributed by atoms with Crippen LogP contribution >= 0.6 is 11.3 Å². The monoisotopic (exact) mass is 305 g/mol. The number of hydrogen-bond donors (Lipinski definition) is 2. The van der Waals surface area contributed by atoms with E-state index < -0.39 is 6.10 Å². The molecule has 0 aliphatic rings. The number of benzene rings is 1. The number of thiophene rings is 1. The fraction of sp³-hybridized carbons (Fsp3) is 0.188. The van der Waals surface area contributed by atoms with E-state index in [2.05, 4.69) is 5.32 Å². The molecule has 0 saturated heterocycles. The lowest BCUT2D eigenvalue weighted by molar-refractivity contribution is -0.116. The molecule has 0 spiro atoms. The molecule has 1 heterocycles. The van der Waals surface area contributed by atoms with Crippen LogP contribution in [-0.4, -0.2) is 17.6 Å².